The first-order valence-corrected chi connectivity index (χ1v) is 17.0. The first kappa shape index (κ1) is 39.3. The molecule has 0 spiro atoms. The summed E-state index contributed by atoms with van der Waals surface area (Å²) in [5.41, 5.74) is 2.04. The van der Waals surface area contributed by atoms with Crippen LogP contribution in [0.2, 0.25) is 0 Å². The lowest BCUT2D eigenvalue weighted by atomic mass is 10.2. The van der Waals surface area contributed by atoms with Crippen molar-refractivity contribution in [1.29, 1.82) is 0 Å². The summed E-state index contributed by atoms with van der Waals surface area (Å²) in [6.07, 6.45) is 7.98. The van der Waals surface area contributed by atoms with E-state index in [4.69, 9.17) is 0 Å². The van der Waals surface area contributed by atoms with Crippen molar-refractivity contribution in [3.63, 3.8) is 0 Å². The molecule has 6 amide bonds. The molecule has 0 unspecified atom stereocenters. The second-order valence-electron chi connectivity index (χ2n) is 12.6. The number of aromatic nitrogens is 5. The maximum atomic E-state index is 13.0. The van der Waals surface area contributed by atoms with Gasteiger partial charge in [-0.3, -0.25) is 33.6 Å². The SMILES string of the molecule is CCCC(=O)Nc1cn(C)c(C(=O)Nc2cc(C(=O)NCCCC(=O)Nc3cc(C(=O)Nc4cc(C(=O)NCCC(C)=O)n(C)c4)n(C)c3)n(C)c2)n1. The van der Waals surface area contributed by atoms with E-state index in [1.807, 2.05) is 6.92 Å². The Morgan fingerprint density at radius 3 is 1.60 bits per heavy atom. The predicted octanol–water partition coefficient (Wildman–Crippen LogP) is 2.54. The zero-order chi connectivity index (χ0) is 38.8. The van der Waals surface area contributed by atoms with Crippen LogP contribution in [-0.2, 0) is 42.6 Å². The average molecular weight is 732 g/mol. The van der Waals surface area contributed by atoms with E-state index in [0.717, 1.165) is 0 Å². The van der Waals surface area contributed by atoms with Gasteiger partial charge in [0.15, 0.2) is 5.82 Å². The Morgan fingerprint density at radius 2 is 1.06 bits per heavy atom. The normalized spacial score (nSPS) is 10.8. The third-order valence-electron chi connectivity index (χ3n) is 7.97. The second-order valence-corrected chi connectivity index (χ2v) is 12.6. The molecule has 0 bridgehead atoms. The molecular weight excluding hydrogens is 686 g/mol. The zero-order valence-electron chi connectivity index (χ0n) is 30.6. The van der Waals surface area contributed by atoms with Gasteiger partial charge in [-0.25, -0.2) is 4.98 Å². The number of hydrogen-bond acceptors (Lipinski definition) is 8. The van der Waals surface area contributed by atoms with Crippen molar-refractivity contribution in [3.05, 3.63) is 65.9 Å². The van der Waals surface area contributed by atoms with Gasteiger partial charge in [0.2, 0.25) is 17.6 Å². The molecule has 4 aromatic rings. The monoisotopic (exact) mass is 731 g/mol. The fraction of sp³-hybridized carbons (Fsp3) is 0.371. The Morgan fingerprint density at radius 1 is 0.566 bits per heavy atom. The molecule has 4 aromatic heterocycles. The lowest BCUT2D eigenvalue weighted by molar-refractivity contribution is -0.117. The molecule has 0 aliphatic heterocycles. The van der Waals surface area contributed by atoms with Gasteiger partial charge in [-0.2, -0.15) is 0 Å². The van der Waals surface area contributed by atoms with Gasteiger partial charge in [0.05, 0.1) is 17.1 Å². The zero-order valence-corrected chi connectivity index (χ0v) is 30.6. The molecule has 0 aromatic carbocycles. The Hall–Kier alpha value is -6.46. The molecule has 0 saturated heterocycles. The molecule has 4 rings (SSSR count). The second kappa shape index (κ2) is 17.7. The van der Waals surface area contributed by atoms with Crippen molar-refractivity contribution in [3.8, 4) is 0 Å². The third kappa shape index (κ3) is 10.8. The number of anilines is 4. The molecule has 0 aliphatic carbocycles. The number of rotatable bonds is 17. The molecule has 282 valence electrons. The molecule has 18 heteroatoms. The van der Waals surface area contributed by atoms with Crippen LogP contribution >= 0.6 is 0 Å². The van der Waals surface area contributed by atoms with Crippen LogP contribution in [0.4, 0.5) is 22.9 Å². The molecule has 0 aliphatic rings. The summed E-state index contributed by atoms with van der Waals surface area (Å²) in [6.45, 7) is 3.74. The number of Topliss-reactive ketones (excluding diaryl/α,β-unsaturated/α-hetero) is 1. The number of hydrogen-bond donors (Lipinski definition) is 6. The van der Waals surface area contributed by atoms with Crippen molar-refractivity contribution < 1.29 is 33.6 Å². The van der Waals surface area contributed by atoms with Crippen molar-refractivity contribution in [2.24, 2.45) is 28.2 Å². The highest BCUT2D eigenvalue weighted by Gasteiger charge is 2.20. The summed E-state index contributed by atoms with van der Waals surface area (Å²) in [7, 11) is 6.61. The van der Waals surface area contributed by atoms with Crippen LogP contribution in [0.5, 0.6) is 0 Å². The van der Waals surface area contributed by atoms with Gasteiger partial charge in [-0.1, -0.05) is 6.92 Å². The molecule has 4 heterocycles. The molecule has 6 N–H and O–H groups in total. The van der Waals surface area contributed by atoms with Crippen LogP contribution in [0, 0.1) is 0 Å². The molecule has 18 nitrogen and oxygen atoms in total. The van der Waals surface area contributed by atoms with E-state index in [9.17, 15) is 33.6 Å². The molecule has 0 fully saturated rings. The van der Waals surface area contributed by atoms with Gasteiger partial charge >= 0.3 is 0 Å². The average Bonchev–Trinajstić information content (AvgIpc) is 3.84. The summed E-state index contributed by atoms with van der Waals surface area (Å²) in [5.74, 6) is -1.95. The van der Waals surface area contributed by atoms with E-state index < -0.39 is 17.7 Å². The number of imidazole rings is 1. The van der Waals surface area contributed by atoms with Crippen LogP contribution in [-0.4, -0.2) is 77.6 Å². The van der Waals surface area contributed by atoms with Crippen molar-refractivity contribution >= 4 is 64.1 Å². The van der Waals surface area contributed by atoms with Crippen LogP contribution < -0.4 is 31.9 Å². The van der Waals surface area contributed by atoms with Gasteiger partial charge in [0, 0.05) is 85.3 Å². The van der Waals surface area contributed by atoms with Gasteiger partial charge in [0.1, 0.15) is 22.9 Å². The van der Waals surface area contributed by atoms with Crippen LogP contribution in [0.1, 0.15) is 88.0 Å². The quantitative estimate of drug-likeness (QED) is 0.0884. The molecule has 0 radical (unpaired) electrons. The largest absolute Gasteiger partial charge is 0.351 e. The molecular formula is C35H45N11O7. The van der Waals surface area contributed by atoms with E-state index in [-0.39, 0.29) is 72.5 Å². The minimum absolute atomic E-state index is 0.0364. The Kier molecular flexibility index (Phi) is 13.1. The smallest absolute Gasteiger partial charge is 0.291 e. The number of carbonyl (C=O) groups is 7. The van der Waals surface area contributed by atoms with Crippen molar-refractivity contribution in [1.82, 2.24) is 33.9 Å². The lowest BCUT2D eigenvalue weighted by Gasteiger charge is -2.06. The maximum Gasteiger partial charge on any atom is 0.291 e. The Labute approximate surface area is 305 Å². The minimum atomic E-state index is -0.520. The van der Waals surface area contributed by atoms with E-state index in [1.54, 1.807) is 60.5 Å². The third-order valence-corrected chi connectivity index (χ3v) is 7.97. The highest BCUT2D eigenvalue weighted by Crippen LogP contribution is 2.19. The van der Waals surface area contributed by atoms with Gasteiger partial charge < -0.3 is 50.2 Å². The van der Waals surface area contributed by atoms with Gasteiger partial charge in [-0.05, 0) is 38.0 Å². The molecule has 0 atom stereocenters. The number of carbonyl (C=O) groups excluding carboxylic acids is 7. The highest BCUT2D eigenvalue weighted by atomic mass is 16.2. The number of amides is 6. The fourth-order valence-electron chi connectivity index (χ4n) is 5.34. The molecule has 53 heavy (non-hydrogen) atoms. The lowest BCUT2D eigenvalue weighted by Crippen LogP contribution is -2.27. The first-order chi connectivity index (χ1) is 25.1. The van der Waals surface area contributed by atoms with E-state index in [1.165, 1.54) is 35.9 Å². The Balaban J connectivity index is 1.22. The van der Waals surface area contributed by atoms with E-state index in [2.05, 4.69) is 36.9 Å². The summed E-state index contributed by atoms with van der Waals surface area (Å²) in [4.78, 5) is 91.0. The molecule has 0 saturated carbocycles. The van der Waals surface area contributed by atoms with Gasteiger partial charge in [-0.15, -0.1) is 0 Å². The van der Waals surface area contributed by atoms with E-state index >= 15 is 0 Å². The number of nitrogens with one attached hydrogen (secondary N) is 6. The van der Waals surface area contributed by atoms with E-state index in [0.29, 0.717) is 42.0 Å². The van der Waals surface area contributed by atoms with Gasteiger partial charge in [0.25, 0.3) is 23.6 Å². The number of ketones is 1. The Bertz CT molecular complexity index is 2030. The standard InChI is InChI=1S/C35H45N11O7/c1-7-9-29(48)41-28-20-46(6)31(42-28)35(53)40-24-16-25(44(4)19-24)32(50)36-12-8-10-30(49)38-22-14-27(45(5)17-22)34(52)39-23-15-26(43(3)18-23)33(51)37-13-11-21(2)47/h14-20H,7-13H2,1-6H3,(H,36,50)(H,37,51)(H,38,49)(H,39,52)(H,40,53)(H,41,48). The van der Waals surface area contributed by atoms with Crippen LogP contribution in [0.3, 0.4) is 0 Å². The summed E-state index contributed by atoms with van der Waals surface area (Å²) < 4.78 is 6.17. The topological polar surface area (TPSA) is 224 Å². The predicted molar refractivity (Wildman–Crippen MR) is 197 cm³/mol. The fourth-order valence-corrected chi connectivity index (χ4v) is 5.34. The maximum absolute atomic E-state index is 13.0. The van der Waals surface area contributed by atoms with Crippen LogP contribution in [0.25, 0.3) is 0 Å². The van der Waals surface area contributed by atoms with Crippen molar-refractivity contribution in [2.75, 3.05) is 34.4 Å². The van der Waals surface area contributed by atoms with Crippen LogP contribution in [0.15, 0.2) is 43.0 Å². The number of aryl methyl sites for hydroxylation is 4. The summed E-state index contributed by atoms with van der Waals surface area (Å²) in [6, 6.07) is 4.57. The summed E-state index contributed by atoms with van der Waals surface area (Å²) in [5, 5.41) is 16.3. The highest BCUT2D eigenvalue weighted by molar-refractivity contribution is 6.06. The van der Waals surface area contributed by atoms with Crippen molar-refractivity contribution in [2.45, 2.75) is 46.0 Å². The number of nitrogens with zero attached hydrogens (tertiary/aromatic N) is 5. The first-order valence-electron chi connectivity index (χ1n) is 17.0. The minimum Gasteiger partial charge on any atom is -0.351 e. The summed E-state index contributed by atoms with van der Waals surface area (Å²) >= 11 is 0.